The van der Waals surface area contributed by atoms with Gasteiger partial charge in [0.25, 0.3) is 0 Å². The van der Waals surface area contributed by atoms with Crippen LogP contribution in [0.1, 0.15) is 0 Å². The van der Waals surface area contributed by atoms with Gasteiger partial charge in [0.1, 0.15) is 0 Å². The molecular formula is C6H4BrCl2IO2S. The van der Waals surface area contributed by atoms with Gasteiger partial charge in [-0.25, -0.2) is 0 Å². The van der Waals surface area contributed by atoms with E-state index in [0.717, 1.165) is 4.47 Å². The number of benzene rings is 1. The van der Waals surface area contributed by atoms with Crippen LogP contribution in [-0.4, -0.2) is 8.42 Å². The highest BCUT2D eigenvalue weighted by Gasteiger charge is 1.88. The van der Waals surface area contributed by atoms with Crippen LogP contribution in [0.4, 0.5) is 0 Å². The predicted molar refractivity (Wildman–Crippen MR) is 67.5 cm³/mol. The fraction of sp³-hybridized carbons (Fsp3) is 0. The zero-order chi connectivity index (χ0) is 10.5. The summed E-state index contributed by atoms with van der Waals surface area (Å²) in [6.07, 6.45) is 0. The van der Waals surface area contributed by atoms with Crippen molar-refractivity contribution in [1.82, 2.24) is 0 Å². The van der Waals surface area contributed by atoms with E-state index in [0.29, 0.717) is 0 Å². The third-order valence-corrected chi connectivity index (χ3v) is 1.95. The Labute approximate surface area is 108 Å². The molecule has 0 aliphatic heterocycles. The lowest BCUT2D eigenvalue weighted by atomic mass is 10.4. The Morgan fingerprint density at radius 1 is 1.31 bits per heavy atom. The second-order valence-corrected chi connectivity index (χ2v) is 7.65. The molecular weight excluding hydrogens is 414 g/mol. The molecule has 13 heavy (non-hydrogen) atoms. The number of hydrogen-bond donors (Lipinski definition) is 0. The molecule has 0 spiro atoms. The third-order valence-electron chi connectivity index (χ3n) is 0.787. The fourth-order valence-electron chi connectivity index (χ4n) is 0.460. The third kappa shape index (κ3) is 13.0. The summed E-state index contributed by atoms with van der Waals surface area (Å²) >= 11 is 5.63. The largest absolute Gasteiger partial charge is 0.317 e. The van der Waals surface area contributed by atoms with Crippen LogP contribution in [0.5, 0.6) is 0 Å². The van der Waals surface area contributed by atoms with E-state index in [2.05, 4.69) is 72.0 Å². The zero-order valence-corrected chi connectivity index (χ0v) is 12.1. The lowest BCUT2D eigenvalue weighted by Gasteiger charge is -1.87. The maximum atomic E-state index is 9.16. The van der Waals surface area contributed by atoms with Gasteiger partial charge in [0, 0.05) is 29.4 Å². The van der Waals surface area contributed by atoms with Gasteiger partial charge in [0.05, 0.1) is 0 Å². The second-order valence-electron chi connectivity index (χ2n) is 1.82. The Morgan fingerprint density at radius 2 is 1.77 bits per heavy atom. The monoisotopic (exact) mass is 416 g/mol. The van der Waals surface area contributed by atoms with Crippen molar-refractivity contribution >= 4 is 68.1 Å². The molecule has 0 bridgehead atoms. The SMILES string of the molecule is Brc1cccc(I)c1.O=S(=O)(Cl)Cl. The van der Waals surface area contributed by atoms with Crippen molar-refractivity contribution in [3.8, 4) is 0 Å². The summed E-state index contributed by atoms with van der Waals surface area (Å²) < 4.78 is 20.7. The van der Waals surface area contributed by atoms with E-state index in [1.807, 2.05) is 12.1 Å². The van der Waals surface area contributed by atoms with Crippen LogP contribution in [-0.2, 0) is 8.26 Å². The highest BCUT2D eigenvalue weighted by atomic mass is 127. The molecule has 0 fully saturated rings. The van der Waals surface area contributed by atoms with Crippen molar-refractivity contribution in [2.24, 2.45) is 0 Å². The van der Waals surface area contributed by atoms with Crippen molar-refractivity contribution in [3.05, 3.63) is 32.3 Å². The van der Waals surface area contributed by atoms with Crippen LogP contribution < -0.4 is 0 Å². The van der Waals surface area contributed by atoms with Crippen LogP contribution in [0.3, 0.4) is 0 Å². The van der Waals surface area contributed by atoms with E-state index in [9.17, 15) is 0 Å². The van der Waals surface area contributed by atoms with E-state index >= 15 is 0 Å². The summed E-state index contributed by atoms with van der Waals surface area (Å²) in [4.78, 5) is 0. The van der Waals surface area contributed by atoms with Gasteiger partial charge in [-0.2, -0.15) is 8.42 Å². The molecule has 0 unspecified atom stereocenters. The normalized spacial score (nSPS) is 10.2. The highest BCUT2D eigenvalue weighted by Crippen LogP contribution is 2.12. The molecule has 7 heteroatoms. The Hall–Kier alpha value is 0.960. The summed E-state index contributed by atoms with van der Waals surface area (Å²) in [6.45, 7) is 0. The van der Waals surface area contributed by atoms with Crippen molar-refractivity contribution < 1.29 is 8.42 Å². The van der Waals surface area contributed by atoms with Gasteiger partial charge in [0.2, 0.25) is 0 Å². The number of rotatable bonds is 0. The topological polar surface area (TPSA) is 34.1 Å². The van der Waals surface area contributed by atoms with E-state index in [-0.39, 0.29) is 0 Å². The Balaban J connectivity index is 0.000000252. The molecule has 0 saturated heterocycles. The second kappa shape index (κ2) is 6.44. The average molecular weight is 418 g/mol. The van der Waals surface area contributed by atoms with Crippen LogP contribution in [0, 0.1) is 3.57 Å². The molecule has 0 aromatic heterocycles. The summed E-state index contributed by atoms with van der Waals surface area (Å²) in [5.41, 5.74) is 0. The quantitative estimate of drug-likeness (QED) is 0.476. The average Bonchev–Trinajstić information content (AvgIpc) is 1.81. The summed E-state index contributed by atoms with van der Waals surface area (Å²) in [7, 11) is 4.81. The van der Waals surface area contributed by atoms with Crippen molar-refractivity contribution in [2.75, 3.05) is 0 Å². The lowest BCUT2D eigenvalue weighted by molar-refractivity contribution is 0.621. The first kappa shape index (κ1) is 14.0. The number of halogens is 4. The molecule has 1 aromatic rings. The molecule has 74 valence electrons. The smallest absolute Gasteiger partial charge is 0.195 e. The molecule has 0 aliphatic carbocycles. The maximum Gasteiger partial charge on any atom is 0.317 e. The first-order chi connectivity index (χ1) is 5.79. The molecule has 0 N–H and O–H groups in total. The first-order valence-electron chi connectivity index (χ1n) is 2.84. The molecule has 0 aliphatic rings. The molecule has 0 atom stereocenters. The molecule has 0 saturated carbocycles. The Kier molecular flexibility index (Phi) is 6.92. The van der Waals surface area contributed by atoms with Gasteiger partial charge in [-0.05, 0) is 40.8 Å². The maximum absolute atomic E-state index is 9.16. The standard InChI is InChI=1S/C6H4BrI.Cl2O2S/c7-5-2-1-3-6(8)4-5;1-5(2,3)4/h1-4H;. The van der Waals surface area contributed by atoms with E-state index < -0.39 is 8.26 Å². The van der Waals surface area contributed by atoms with Crippen molar-refractivity contribution in [2.45, 2.75) is 0 Å². The molecule has 2 nitrogen and oxygen atoms in total. The number of hydrogen-bond acceptors (Lipinski definition) is 2. The Bertz CT molecular complexity index is 343. The minimum absolute atomic E-state index is 1.14. The minimum atomic E-state index is -3.72. The van der Waals surface area contributed by atoms with Crippen molar-refractivity contribution in [3.63, 3.8) is 0 Å². The Morgan fingerprint density at radius 3 is 2.00 bits per heavy atom. The molecule has 1 rings (SSSR count). The van der Waals surface area contributed by atoms with Gasteiger partial charge in [-0.1, -0.05) is 22.0 Å². The minimum Gasteiger partial charge on any atom is -0.195 e. The van der Waals surface area contributed by atoms with Gasteiger partial charge in [-0.15, -0.1) is 0 Å². The van der Waals surface area contributed by atoms with Gasteiger partial charge in [-0.3, -0.25) is 0 Å². The molecule has 0 radical (unpaired) electrons. The summed E-state index contributed by atoms with van der Waals surface area (Å²) in [5.74, 6) is 0. The summed E-state index contributed by atoms with van der Waals surface area (Å²) in [6, 6.07) is 8.17. The van der Waals surface area contributed by atoms with Gasteiger partial charge < -0.3 is 0 Å². The first-order valence-corrected chi connectivity index (χ1v) is 7.85. The molecule has 0 amide bonds. The predicted octanol–water partition coefficient (Wildman–Crippen LogP) is 3.76. The fourth-order valence-corrected chi connectivity index (χ4v) is 1.83. The molecule has 0 heterocycles. The van der Waals surface area contributed by atoms with E-state index in [1.54, 1.807) is 0 Å². The van der Waals surface area contributed by atoms with Crippen LogP contribution in [0.15, 0.2) is 28.7 Å². The molecule has 1 aromatic carbocycles. The van der Waals surface area contributed by atoms with Crippen LogP contribution in [0.2, 0.25) is 0 Å². The summed E-state index contributed by atoms with van der Waals surface area (Å²) in [5, 5.41) is 0. The highest BCUT2D eigenvalue weighted by molar-refractivity contribution is 14.1. The van der Waals surface area contributed by atoms with E-state index in [1.165, 1.54) is 3.57 Å². The van der Waals surface area contributed by atoms with Gasteiger partial charge >= 0.3 is 8.26 Å². The van der Waals surface area contributed by atoms with Gasteiger partial charge in [0.15, 0.2) is 0 Å². The van der Waals surface area contributed by atoms with Crippen LogP contribution in [0.25, 0.3) is 0 Å². The van der Waals surface area contributed by atoms with E-state index in [4.69, 9.17) is 8.42 Å². The zero-order valence-electron chi connectivity index (χ0n) is 6.05. The van der Waals surface area contributed by atoms with Crippen LogP contribution >= 0.6 is 59.9 Å². The lowest BCUT2D eigenvalue weighted by Crippen LogP contribution is -1.66. The van der Waals surface area contributed by atoms with Crippen molar-refractivity contribution in [1.29, 1.82) is 0 Å².